The number of nitrogens with zero attached hydrogens (tertiary/aromatic N) is 1. The number of Topliss-reactive ketones (excluding diaryl/α,β-unsaturated/α-hetero) is 1. The van der Waals surface area contributed by atoms with Crippen molar-refractivity contribution < 1.29 is 14.7 Å². The van der Waals surface area contributed by atoms with Crippen LogP contribution in [0, 0.1) is 0 Å². The van der Waals surface area contributed by atoms with Crippen molar-refractivity contribution in [1.29, 1.82) is 0 Å². The molecule has 2 aliphatic rings. The number of anilines is 1. The molecule has 0 amide bonds. The van der Waals surface area contributed by atoms with Crippen LogP contribution in [-0.4, -0.2) is 29.9 Å². The molecule has 100 valence electrons. The van der Waals surface area contributed by atoms with Crippen LogP contribution in [0.1, 0.15) is 47.5 Å². The van der Waals surface area contributed by atoms with E-state index in [-0.39, 0.29) is 12.2 Å². The third-order valence-corrected chi connectivity index (χ3v) is 4.11. The van der Waals surface area contributed by atoms with Crippen LogP contribution < -0.4 is 4.90 Å². The maximum atomic E-state index is 11.9. The second kappa shape index (κ2) is 4.68. The highest BCUT2D eigenvalue weighted by Gasteiger charge is 2.35. The third-order valence-electron chi connectivity index (χ3n) is 4.11. The Morgan fingerprint density at radius 1 is 1.42 bits per heavy atom. The lowest BCUT2D eigenvalue weighted by atomic mass is 9.83. The standard InChI is InChI=1S/C15H17NO3/c17-13-7-6-10-9-16(8-2-5-14(18)19)12-4-1-3-11(13)15(10)12/h1,3-4,10H,2,5-9H2,(H,18,19). The molecule has 4 nitrogen and oxygen atoms in total. The van der Waals surface area contributed by atoms with Gasteiger partial charge in [0.2, 0.25) is 0 Å². The molecule has 19 heavy (non-hydrogen) atoms. The molecule has 0 spiro atoms. The van der Waals surface area contributed by atoms with Crippen molar-refractivity contribution in [1.82, 2.24) is 0 Å². The molecule has 0 aromatic heterocycles. The van der Waals surface area contributed by atoms with Gasteiger partial charge in [-0.05, 0) is 24.5 Å². The number of rotatable bonds is 4. The van der Waals surface area contributed by atoms with E-state index in [1.165, 1.54) is 5.56 Å². The molecule has 3 rings (SSSR count). The molecule has 1 aliphatic heterocycles. The minimum atomic E-state index is -0.746. The Bertz CT molecular complexity index is 538. The molecule has 0 saturated carbocycles. The third kappa shape index (κ3) is 2.11. The Kier molecular flexibility index (Phi) is 3.01. The number of hydrogen-bond donors (Lipinski definition) is 1. The van der Waals surface area contributed by atoms with Crippen molar-refractivity contribution >= 4 is 17.4 Å². The first kappa shape index (κ1) is 12.2. The molecule has 1 unspecified atom stereocenters. The summed E-state index contributed by atoms with van der Waals surface area (Å²) >= 11 is 0. The quantitative estimate of drug-likeness (QED) is 0.902. The van der Waals surface area contributed by atoms with Crippen LogP contribution in [0.4, 0.5) is 5.69 Å². The molecule has 1 atom stereocenters. The first-order valence-electron chi connectivity index (χ1n) is 6.79. The number of carboxylic acids is 1. The maximum Gasteiger partial charge on any atom is 0.303 e. The van der Waals surface area contributed by atoms with Crippen molar-refractivity contribution in [3.63, 3.8) is 0 Å². The highest BCUT2D eigenvalue weighted by atomic mass is 16.4. The van der Waals surface area contributed by atoms with E-state index in [0.29, 0.717) is 18.8 Å². The zero-order valence-corrected chi connectivity index (χ0v) is 10.8. The first-order chi connectivity index (χ1) is 9.16. The second-order valence-electron chi connectivity index (χ2n) is 5.34. The maximum absolute atomic E-state index is 11.9. The monoisotopic (exact) mass is 259 g/mol. The van der Waals surface area contributed by atoms with E-state index in [1.54, 1.807) is 0 Å². The van der Waals surface area contributed by atoms with Gasteiger partial charge >= 0.3 is 5.97 Å². The van der Waals surface area contributed by atoms with Crippen LogP contribution in [0.3, 0.4) is 0 Å². The molecule has 4 heteroatoms. The fourth-order valence-electron chi connectivity index (χ4n) is 3.27. The van der Waals surface area contributed by atoms with Crippen molar-refractivity contribution in [3.8, 4) is 0 Å². The molecule has 0 radical (unpaired) electrons. The molecule has 0 bridgehead atoms. The number of carboxylic acid groups (broad SMARTS) is 1. The Morgan fingerprint density at radius 3 is 3.05 bits per heavy atom. The van der Waals surface area contributed by atoms with Crippen molar-refractivity contribution in [3.05, 3.63) is 29.3 Å². The normalized spacial score (nSPS) is 20.5. The zero-order chi connectivity index (χ0) is 13.4. The predicted octanol–water partition coefficient (Wildman–Crippen LogP) is 2.43. The van der Waals surface area contributed by atoms with Crippen molar-refractivity contribution in [2.24, 2.45) is 0 Å². The van der Waals surface area contributed by atoms with Gasteiger partial charge < -0.3 is 10.0 Å². The Labute approximate surface area is 112 Å². The van der Waals surface area contributed by atoms with Crippen LogP contribution in [0.15, 0.2) is 18.2 Å². The first-order valence-corrected chi connectivity index (χ1v) is 6.79. The Hall–Kier alpha value is -1.84. The molecule has 1 heterocycles. The van der Waals surface area contributed by atoms with E-state index >= 15 is 0 Å². The topological polar surface area (TPSA) is 57.6 Å². The lowest BCUT2D eigenvalue weighted by Crippen LogP contribution is -2.24. The Balaban J connectivity index is 1.83. The highest BCUT2D eigenvalue weighted by molar-refractivity contribution is 6.01. The minimum Gasteiger partial charge on any atom is -0.481 e. The molecule has 1 aromatic carbocycles. The number of carbonyl (C=O) groups is 2. The summed E-state index contributed by atoms with van der Waals surface area (Å²) in [5.74, 6) is -0.0431. The van der Waals surface area contributed by atoms with Gasteiger partial charge in [0.15, 0.2) is 5.78 Å². The summed E-state index contributed by atoms with van der Waals surface area (Å²) < 4.78 is 0. The summed E-state index contributed by atoms with van der Waals surface area (Å²) in [5, 5.41) is 8.71. The molecule has 1 N–H and O–H groups in total. The van der Waals surface area contributed by atoms with E-state index in [0.717, 1.165) is 30.8 Å². The van der Waals surface area contributed by atoms with Crippen LogP contribution in [0.25, 0.3) is 0 Å². The molecule has 1 aromatic rings. The fraction of sp³-hybridized carbons (Fsp3) is 0.467. The van der Waals surface area contributed by atoms with Crippen LogP contribution in [-0.2, 0) is 4.79 Å². The van der Waals surface area contributed by atoms with Gasteiger partial charge in [0.1, 0.15) is 0 Å². The van der Waals surface area contributed by atoms with Gasteiger partial charge in [-0.15, -0.1) is 0 Å². The van der Waals surface area contributed by atoms with Gasteiger partial charge in [-0.3, -0.25) is 9.59 Å². The average Bonchev–Trinajstić information content (AvgIpc) is 2.74. The summed E-state index contributed by atoms with van der Waals surface area (Å²) in [6.07, 6.45) is 2.43. The number of hydrogen-bond acceptors (Lipinski definition) is 3. The van der Waals surface area contributed by atoms with Gasteiger partial charge in [-0.1, -0.05) is 12.1 Å². The number of benzene rings is 1. The molecule has 0 fully saturated rings. The van der Waals surface area contributed by atoms with Crippen molar-refractivity contribution in [2.75, 3.05) is 18.0 Å². The highest BCUT2D eigenvalue weighted by Crippen LogP contribution is 2.44. The number of carbonyl (C=O) groups excluding carboxylic acids is 1. The van der Waals surface area contributed by atoms with E-state index in [1.807, 2.05) is 12.1 Å². The largest absolute Gasteiger partial charge is 0.481 e. The van der Waals surface area contributed by atoms with E-state index in [9.17, 15) is 9.59 Å². The SMILES string of the molecule is O=C(O)CCCN1CC2CCC(=O)c3cccc1c32. The smallest absolute Gasteiger partial charge is 0.303 e. The summed E-state index contributed by atoms with van der Waals surface area (Å²) in [6, 6.07) is 5.91. The van der Waals surface area contributed by atoms with E-state index < -0.39 is 5.97 Å². The van der Waals surface area contributed by atoms with Crippen LogP contribution in [0.2, 0.25) is 0 Å². The predicted molar refractivity (Wildman–Crippen MR) is 71.8 cm³/mol. The van der Waals surface area contributed by atoms with Gasteiger partial charge in [-0.25, -0.2) is 0 Å². The van der Waals surface area contributed by atoms with Gasteiger partial charge in [-0.2, -0.15) is 0 Å². The molecular formula is C15H17NO3. The van der Waals surface area contributed by atoms with Crippen LogP contribution in [0.5, 0.6) is 0 Å². The van der Waals surface area contributed by atoms with Gasteiger partial charge in [0, 0.05) is 43.1 Å². The van der Waals surface area contributed by atoms with Crippen LogP contribution >= 0.6 is 0 Å². The van der Waals surface area contributed by atoms with Crippen molar-refractivity contribution in [2.45, 2.75) is 31.6 Å². The van der Waals surface area contributed by atoms with Gasteiger partial charge in [0.25, 0.3) is 0 Å². The summed E-state index contributed by atoms with van der Waals surface area (Å²) in [4.78, 5) is 24.7. The minimum absolute atomic E-state index is 0.203. The summed E-state index contributed by atoms with van der Waals surface area (Å²) in [7, 11) is 0. The van der Waals surface area contributed by atoms with E-state index in [2.05, 4.69) is 11.0 Å². The molecule has 1 aliphatic carbocycles. The number of aliphatic carboxylic acids is 1. The lowest BCUT2D eigenvalue weighted by Gasteiger charge is -2.19. The lowest BCUT2D eigenvalue weighted by molar-refractivity contribution is -0.137. The fourth-order valence-corrected chi connectivity index (χ4v) is 3.27. The summed E-state index contributed by atoms with van der Waals surface area (Å²) in [5.41, 5.74) is 3.23. The molecule has 0 saturated heterocycles. The average molecular weight is 259 g/mol. The molecular weight excluding hydrogens is 242 g/mol. The second-order valence-corrected chi connectivity index (χ2v) is 5.34. The zero-order valence-electron chi connectivity index (χ0n) is 10.8. The Morgan fingerprint density at radius 2 is 2.26 bits per heavy atom. The van der Waals surface area contributed by atoms with Gasteiger partial charge in [0.05, 0.1) is 0 Å². The summed E-state index contributed by atoms with van der Waals surface area (Å²) in [6.45, 7) is 1.69. The number of ketones is 1. The van der Waals surface area contributed by atoms with E-state index in [4.69, 9.17) is 5.11 Å².